The van der Waals surface area contributed by atoms with Crippen LogP contribution in [-0.2, 0) is 12.3 Å². The van der Waals surface area contributed by atoms with E-state index >= 15 is 0 Å². The number of thiocarbonyl (C=S) groups is 1. The second kappa shape index (κ2) is 10.5. The Labute approximate surface area is 188 Å². The van der Waals surface area contributed by atoms with Crippen molar-refractivity contribution >= 4 is 40.5 Å². The molecule has 3 aromatic rings. The molecule has 2 N–H and O–H groups in total. The molecule has 0 amide bonds. The Kier molecular flexibility index (Phi) is 7.27. The van der Waals surface area contributed by atoms with Gasteiger partial charge >= 0.3 is 0 Å². The monoisotopic (exact) mass is 433 g/mol. The molecule has 0 saturated carbocycles. The Morgan fingerprint density at radius 1 is 0.833 bits per heavy atom. The largest absolute Gasteiger partial charge is 0.372 e. The molecule has 0 atom stereocenters. The molecule has 5 heteroatoms. The maximum Gasteiger partial charge on any atom is 0.171 e. The number of nitrogens with zero attached hydrogens (tertiary/aromatic N) is 1. The molecule has 0 radical (unpaired) electrons. The van der Waals surface area contributed by atoms with Gasteiger partial charge < -0.3 is 15.5 Å². The van der Waals surface area contributed by atoms with Gasteiger partial charge in [-0.05, 0) is 72.6 Å². The van der Waals surface area contributed by atoms with Crippen LogP contribution in [0.2, 0.25) is 0 Å². The summed E-state index contributed by atoms with van der Waals surface area (Å²) in [6.07, 6.45) is 2.60. The van der Waals surface area contributed by atoms with Crippen LogP contribution in [0.3, 0.4) is 0 Å². The molecule has 0 aliphatic carbocycles. The van der Waals surface area contributed by atoms with Gasteiger partial charge in [0.25, 0.3) is 0 Å². The Morgan fingerprint density at radius 2 is 1.50 bits per heavy atom. The summed E-state index contributed by atoms with van der Waals surface area (Å²) in [6.45, 7) is 3.07. The van der Waals surface area contributed by atoms with Gasteiger partial charge in [-0.25, -0.2) is 0 Å². The Balaban J connectivity index is 1.21. The topological polar surface area (TPSA) is 27.3 Å². The predicted octanol–water partition coefficient (Wildman–Crippen LogP) is 6.07. The molecule has 0 aromatic heterocycles. The maximum atomic E-state index is 5.46. The number of benzene rings is 3. The van der Waals surface area contributed by atoms with E-state index in [9.17, 15) is 0 Å². The summed E-state index contributed by atoms with van der Waals surface area (Å²) in [5.41, 5.74) is 4.86. The van der Waals surface area contributed by atoms with Crippen molar-refractivity contribution in [2.45, 2.75) is 30.0 Å². The van der Waals surface area contributed by atoms with E-state index in [4.69, 9.17) is 12.2 Å². The summed E-state index contributed by atoms with van der Waals surface area (Å²) < 4.78 is 0. The van der Waals surface area contributed by atoms with Gasteiger partial charge in [-0.3, -0.25) is 0 Å². The third-order valence-electron chi connectivity index (χ3n) is 5.22. The van der Waals surface area contributed by atoms with E-state index < -0.39 is 0 Å². The average Bonchev–Trinajstić information content (AvgIpc) is 3.33. The maximum absolute atomic E-state index is 5.46. The van der Waals surface area contributed by atoms with Crippen LogP contribution in [0.15, 0.2) is 83.8 Å². The molecule has 1 saturated heterocycles. The quantitative estimate of drug-likeness (QED) is 0.349. The Hall–Kier alpha value is -2.50. The van der Waals surface area contributed by atoms with Crippen LogP contribution in [0.25, 0.3) is 0 Å². The SMILES string of the molecule is S=C(NCc1ccc(N2CCCC2)cc1)Nc1ccc(CSc2ccccc2)cc1. The lowest BCUT2D eigenvalue weighted by Crippen LogP contribution is -2.27. The molecular formula is C25H27N3S2. The lowest BCUT2D eigenvalue weighted by atomic mass is 10.2. The lowest BCUT2D eigenvalue weighted by molar-refractivity contribution is 0.921. The van der Waals surface area contributed by atoms with Gasteiger partial charge in [0.2, 0.25) is 0 Å². The molecule has 1 heterocycles. The molecule has 1 aliphatic heterocycles. The van der Waals surface area contributed by atoms with Crippen molar-refractivity contribution in [3.63, 3.8) is 0 Å². The minimum Gasteiger partial charge on any atom is -0.372 e. The minimum atomic E-state index is 0.644. The standard InChI is InChI=1S/C25H27N3S2/c29-25(26-18-20-10-14-23(15-11-20)28-16-4-5-17-28)27-22-12-8-21(9-13-22)19-30-24-6-2-1-3-7-24/h1-3,6-15H,4-5,16-19H2,(H2,26,27,29). The van der Waals surface area contributed by atoms with Crippen LogP contribution in [-0.4, -0.2) is 18.2 Å². The van der Waals surface area contributed by atoms with Crippen molar-refractivity contribution in [1.82, 2.24) is 5.32 Å². The average molecular weight is 434 g/mol. The molecule has 0 bridgehead atoms. The molecule has 30 heavy (non-hydrogen) atoms. The second-order valence-corrected chi connectivity index (χ2v) is 8.92. The van der Waals surface area contributed by atoms with Gasteiger partial charge in [0, 0.05) is 41.7 Å². The van der Waals surface area contributed by atoms with Gasteiger partial charge in [-0.15, -0.1) is 11.8 Å². The van der Waals surface area contributed by atoms with E-state index in [-0.39, 0.29) is 0 Å². The zero-order valence-corrected chi connectivity index (χ0v) is 18.6. The van der Waals surface area contributed by atoms with Crippen molar-refractivity contribution < 1.29 is 0 Å². The van der Waals surface area contributed by atoms with E-state index in [1.54, 1.807) is 0 Å². The Morgan fingerprint density at radius 3 is 2.20 bits per heavy atom. The van der Waals surface area contributed by atoms with Gasteiger partial charge in [0.15, 0.2) is 5.11 Å². The number of rotatable bonds is 7. The summed E-state index contributed by atoms with van der Waals surface area (Å²) in [6, 6.07) is 27.7. The number of anilines is 2. The highest BCUT2D eigenvalue weighted by molar-refractivity contribution is 7.98. The Bertz CT molecular complexity index is 934. The van der Waals surface area contributed by atoms with E-state index in [0.717, 1.165) is 18.0 Å². The first-order valence-corrected chi connectivity index (χ1v) is 11.8. The third-order valence-corrected chi connectivity index (χ3v) is 6.55. The van der Waals surface area contributed by atoms with E-state index in [0.29, 0.717) is 5.11 Å². The second-order valence-electron chi connectivity index (χ2n) is 7.47. The molecule has 3 aromatic carbocycles. The van der Waals surface area contributed by atoms with Crippen LogP contribution in [0.1, 0.15) is 24.0 Å². The predicted molar refractivity (Wildman–Crippen MR) is 133 cm³/mol. The molecule has 0 unspecified atom stereocenters. The molecule has 4 rings (SSSR count). The smallest absolute Gasteiger partial charge is 0.171 e. The first kappa shape index (κ1) is 20.8. The van der Waals surface area contributed by atoms with Crippen molar-refractivity contribution in [3.8, 4) is 0 Å². The van der Waals surface area contributed by atoms with Crippen LogP contribution >= 0.6 is 24.0 Å². The highest BCUT2D eigenvalue weighted by atomic mass is 32.2. The fourth-order valence-corrected chi connectivity index (χ4v) is 4.59. The first-order valence-electron chi connectivity index (χ1n) is 10.4. The van der Waals surface area contributed by atoms with Gasteiger partial charge in [0.05, 0.1) is 0 Å². The van der Waals surface area contributed by atoms with Crippen molar-refractivity contribution in [2.75, 3.05) is 23.3 Å². The molecular weight excluding hydrogens is 406 g/mol. The fourth-order valence-electron chi connectivity index (χ4n) is 3.53. The third kappa shape index (κ3) is 6.00. The van der Waals surface area contributed by atoms with Crippen LogP contribution in [0.5, 0.6) is 0 Å². The molecule has 3 nitrogen and oxygen atoms in total. The summed E-state index contributed by atoms with van der Waals surface area (Å²) in [7, 11) is 0. The van der Waals surface area contributed by atoms with Crippen LogP contribution < -0.4 is 15.5 Å². The van der Waals surface area contributed by atoms with E-state index in [2.05, 4.69) is 88.3 Å². The number of hydrogen-bond donors (Lipinski definition) is 2. The van der Waals surface area contributed by atoms with Crippen molar-refractivity contribution in [1.29, 1.82) is 0 Å². The van der Waals surface area contributed by atoms with Gasteiger partial charge in [0.1, 0.15) is 0 Å². The normalized spacial score (nSPS) is 13.3. The summed E-state index contributed by atoms with van der Waals surface area (Å²) in [5, 5.41) is 7.22. The molecule has 1 aliphatic rings. The van der Waals surface area contributed by atoms with Gasteiger partial charge in [-0.1, -0.05) is 42.5 Å². The van der Waals surface area contributed by atoms with Crippen molar-refractivity contribution in [3.05, 3.63) is 90.0 Å². The number of hydrogen-bond acceptors (Lipinski definition) is 3. The summed E-state index contributed by atoms with van der Waals surface area (Å²) >= 11 is 7.31. The van der Waals surface area contributed by atoms with Gasteiger partial charge in [-0.2, -0.15) is 0 Å². The molecule has 0 spiro atoms. The fraction of sp³-hybridized carbons (Fsp3) is 0.240. The molecule has 1 fully saturated rings. The summed E-state index contributed by atoms with van der Waals surface area (Å²) in [4.78, 5) is 3.74. The van der Waals surface area contributed by atoms with Crippen molar-refractivity contribution in [2.24, 2.45) is 0 Å². The zero-order valence-electron chi connectivity index (χ0n) is 17.0. The zero-order chi connectivity index (χ0) is 20.6. The highest BCUT2D eigenvalue weighted by Crippen LogP contribution is 2.23. The lowest BCUT2D eigenvalue weighted by Gasteiger charge is -2.18. The van der Waals surface area contributed by atoms with E-state index in [1.807, 2.05) is 17.8 Å². The minimum absolute atomic E-state index is 0.644. The number of nitrogens with one attached hydrogen (secondary N) is 2. The first-order chi connectivity index (χ1) is 14.8. The summed E-state index contributed by atoms with van der Waals surface area (Å²) in [5.74, 6) is 0.959. The van der Waals surface area contributed by atoms with Crippen LogP contribution in [0, 0.1) is 0 Å². The highest BCUT2D eigenvalue weighted by Gasteiger charge is 2.11. The van der Waals surface area contributed by atoms with E-state index in [1.165, 1.54) is 47.6 Å². The van der Waals surface area contributed by atoms with Crippen LogP contribution in [0.4, 0.5) is 11.4 Å². The number of thioether (sulfide) groups is 1. The molecule has 154 valence electrons.